The molecule has 2 aromatic heterocycles. The highest BCUT2D eigenvalue weighted by molar-refractivity contribution is 7.14. The second-order valence-corrected chi connectivity index (χ2v) is 8.28. The fraction of sp³-hybridized carbons (Fsp3) is 0.444. The Morgan fingerprint density at radius 2 is 2.25 bits per heavy atom. The lowest BCUT2D eigenvalue weighted by Crippen LogP contribution is -2.30. The molecular weight excluding hydrogens is 342 g/mol. The van der Waals surface area contributed by atoms with Gasteiger partial charge in [-0.3, -0.25) is 4.79 Å². The van der Waals surface area contributed by atoms with E-state index >= 15 is 0 Å². The Hall–Kier alpha value is -1.66. The molecule has 6 heteroatoms. The van der Waals surface area contributed by atoms with Crippen LogP contribution in [0.5, 0.6) is 0 Å². The van der Waals surface area contributed by atoms with Crippen molar-refractivity contribution in [1.29, 1.82) is 0 Å². The molecule has 2 aromatic rings. The summed E-state index contributed by atoms with van der Waals surface area (Å²) >= 11 is 3.11. The maximum absolute atomic E-state index is 12.2. The van der Waals surface area contributed by atoms with Gasteiger partial charge in [0.15, 0.2) is 6.61 Å². The minimum absolute atomic E-state index is 0.190. The number of likely N-dealkylation sites (N-methyl/N-ethyl adjacent to an activating group) is 1. The molecule has 1 amide bonds. The minimum atomic E-state index is -0.390. The molecule has 24 heavy (non-hydrogen) atoms. The molecule has 0 spiro atoms. The average Bonchev–Trinajstić information content (AvgIpc) is 3.20. The van der Waals surface area contributed by atoms with Crippen molar-refractivity contribution in [3.8, 4) is 0 Å². The molecule has 4 nitrogen and oxygen atoms in total. The van der Waals surface area contributed by atoms with E-state index in [4.69, 9.17) is 4.74 Å². The summed E-state index contributed by atoms with van der Waals surface area (Å²) in [5.41, 5.74) is 2.36. The third-order valence-electron chi connectivity index (χ3n) is 4.28. The highest BCUT2D eigenvalue weighted by Gasteiger charge is 2.22. The van der Waals surface area contributed by atoms with Crippen LogP contribution in [0.3, 0.4) is 0 Å². The molecule has 1 atom stereocenters. The Labute approximate surface area is 150 Å². The van der Waals surface area contributed by atoms with Crippen molar-refractivity contribution in [2.24, 2.45) is 5.92 Å². The quantitative estimate of drug-likeness (QED) is 0.760. The number of rotatable bonds is 5. The van der Waals surface area contributed by atoms with Crippen LogP contribution in [0.1, 0.15) is 39.0 Å². The van der Waals surface area contributed by atoms with Crippen molar-refractivity contribution in [3.63, 3.8) is 0 Å². The normalized spacial score (nSPS) is 16.5. The number of carbonyl (C=O) groups excluding carboxylic acids is 2. The van der Waals surface area contributed by atoms with Gasteiger partial charge in [-0.25, -0.2) is 4.79 Å². The van der Waals surface area contributed by atoms with Gasteiger partial charge in [0, 0.05) is 18.5 Å². The molecule has 128 valence electrons. The van der Waals surface area contributed by atoms with Crippen molar-refractivity contribution in [3.05, 3.63) is 43.8 Å². The Morgan fingerprint density at radius 1 is 1.42 bits per heavy atom. The molecule has 0 N–H and O–H groups in total. The van der Waals surface area contributed by atoms with Crippen LogP contribution in [0.15, 0.2) is 22.9 Å². The van der Waals surface area contributed by atoms with Crippen LogP contribution in [0.25, 0.3) is 0 Å². The summed E-state index contributed by atoms with van der Waals surface area (Å²) in [4.78, 5) is 27.8. The monoisotopic (exact) mass is 363 g/mol. The van der Waals surface area contributed by atoms with Crippen molar-refractivity contribution in [2.45, 2.75) is 32.7 Å². The molecule has 0 bridgehead atoms. The summed E-state index contributed by atoms with van der Waals surface area (Å²) < 4.78 is 5.22. The van der Waals surface area contributed by atoms with Gasteiger partial charge in [-0.05, 0) is 59.2 Å². The van der Waals surface area contributed by atoms with E-state index in [1.165, 1.54) is 28.2 Å². The largest absolute Gasteiger partial charge is 0.451 e. The van der Waals surface area contributed by atoms with E-state index in [-0.39, 0.29) is 18.5 Å². The smallest absolute Gasteiger partial charge is 0.348 e. The first-order valence-electron chi connectivity index (χ1n) is 8.06. The highest BCUT2D eigenvalue weighted by atomic mass is 32.1. The van der Waals surface area contributed by atoms with Crippen LogP contribution in [0, 0.1) is 5.92 Å². The van der Waals surface area contributed by atoms with Gasteiger partial charge in [-0.1, -0.05) is 6.92 Å². The fourth-order valence-corrected chi connectivity index (χ4v) is 4.62. The maximum Gasteiger partial charge on any atom is 0.348 e. The van der Waals surface area contributed by atoms with E-state index < -0.39 is 0 Å². The van der Waals surface area contributed by atoms with Crippen molar-refractivity contribution < 1.29 is 14.3 Å². The summed E-state index contributed by atoms with van der Waals surface area (Å²) in [7, 11) is 1.72. The van der Waals surface area contributed by atoms with E-state index in [0.717, 1.165) is 18.4 Å². The number of amides is 1. The van der Waals surface area contributed by atoms with E-state index in [1.54, 1.807) is 23.3 Å². The molecule has 0 aromatic carbocycles. The minimum Gasteiger partial charge on any atom is -0.451 e. The molecule has 0 radical (unpaired) electrons. The molecule has 1 aliphatic rings. The topological polar surface area (TPSA) is 46.6 Å². The molecule has 0 saturated heterocycles. The number of aryl methyl sites for hydroxylation is 1. The predicted octanol–water partition coefficient (Wildman–Crippen LogP) is 3.75. The molecule has 0 unspecified atom stereocenters. The van der Waals surface area contributed by atoms with Gasteiger partial charge in [-0.2, -0.15) is 11.3 Å². The molecule has 1 aliphatic carbocycles. The van der Waals surface area contributed by atoms with Gasteiger partial charge in [-0.15, -0.1) is 11.3 Å². The highest BCUT2D eigenvalue weighted by Crippen LogP contribution is 2.32. The SMILES string of the molecule is C[C@@H]1CCc2sc(C(=O)OCC(=O)N(C)Cc3ccsc3)cc2C1. The lowest BCUT2D eigenvalue weighted by atomic mass is 9.90. The second-order valence-electron chi connectivity index (χ2n) is 6.36. The average molecular weight is 364 g/mol. The van der Waals surface area contributed by atoms with Crippen LogP contribution < -0.4 is 0 Å². The maximum atomic E-state index is 12.2. The molecule has 0 fully saturated rings. The van der Waals surface area contributed by atoms with E-state index in [1.807, 2.05) is 22.9 Å². The number of hydrogen-bond donors (Lipinski definition) is 0. The van der Waals surface area contributed by atoms with E-state index in [2.05, 4.69) is 6.92 Å². The number of esters is 1. The summed E-state index contributed by atoms with van der Waals surface area (Å²) in [5.74, 6) is 0.0899. The lowest BCUT2D eigenvalue weighted by Gasteiger charge is -2.16. The number of nitrogens with zero attached hydrogens (tertiary/aromatic N) is 1. The zero-order valence-corrected chi connectivity index (χ0v) is 15.5. The molecule has 0 aliphatic heterocycles. The third kappa shape index (κ3) is 4.05. The Kier molecular flexibility index (Phi) is 5.36. The van der Waals surface area contributed by atoms with Gasteiger partial charge in [0.25, 0.3) is 5.91 Å². The third-order valence-corrected chi connectivity index (χ3v) is 6.23. The number of thiophene rings is 2. The second kappa shape index (κ2) is 7.49. The zero-order chi connectivity index (χ0) is 17.1. The van der Waals surface area contributed by atoms with Gasteiger partial charge in [0.1, 0.15) is 4.88 Å². The standard InChI is InChI=1S/C18H21NO3S2/c1-12-3-4-15-14(7-12)8-16(24-15)18(21)22-10-17(20)19(2)9-13-5-6-23-11-13/h5-6,8,11-12H,3-4,7,9-10H2,1-2H3/t12-/m1/s1. The van der Waals surface area contributed by atoms with Gasteiger partial charge in [0.2, 0.25) is 0 Å². The lowest BCUT2D eigenvalue weighted by molar-refractivity contribution is -0.133. The fourth-order valence-electron chi connectivity index (χ4n) is 2.86. The first-order valence-corrected chi connectivity index (χ1v) is 9.82. The van der Waals surface area contributed by atoms with Crippen LogP contribution >= 0.6 is 22.7 Å². The Morgan fingerprint density at radius 3 is 3.00 bits per heavy atom. The molecule has 3 rings (SSSR count). The zero-order valence-electron chi connectivity index (χ0n) is 13.9. The molecule has 0 saturated carbocycles. The van der Waals surface area contributed by atoms with Crippen molar-refractivity contribution in [2.75, 3.05) is 13.7 Å². The van der Waals surface area contributed by atoms with Crippen LogP contribution in [0.2, 0.25) is 0 Å². The first kappa shape index (κ1) is 17.2. The number of fused-ring (bicyclic) bond motifs is 1. The first-order chi connectivity index (χ1) is 11.5. The van der Waals surface area contributed by atoms with Gasteiger partial charge in [0.05, 0.1) is 0 Å². The summed E-state index contributed by atoms with van der Waals surface area (Å²) in [6.45, 7) is 2.56. The van der Waals surface area contributed by atoms with E-state index in [9.17, 15) is 9.59 Å². The molecule has 2 heterocycles. The van der Waals surface area contributed by atoms with Crippen LogP contribution in [-0.4, -0.2) is 30.4 Å². The summed E-state index contributed by atoms with van der Waals surface area (Å²) in [6, 6.07) is 3.93. The van der Waals surface area contributed by atoms with Gasteiger partial charge >= 0.3 is 5.97 Å². The Bertz CT molecular complexity index is 721. The van der Waals surface area contributed by atoms with Crippen molar-refractivity contribution in [1.82, 2.24) is 4.90 Å². The van der Waals surface area contributed by atoms with Crippen LogP contribution in [-0.2, 0) is 28.9 Å². The van der Waals surface area contributed by atoms with Crippen LogP contribution in [0.4, 0.5) is 0 Å². The Balaban J connectivity index is 1.52. The number of ether oxygens (including phenoxy) is 1. The van der Waals surface area contributed by atoms with E-state index in [0.29, 0.717) is 17.3 Å². The molecular formula is C18H21NO3S2. The predicted molar refractivity (Wildman–Crippen MR) is 96.6 cm³/mol. The number of carbonyl (C=O) groups is 2. The summed E-state index contributed by atoms with van der Waals surface area (Å²) in [5, 5.41) is 3.99. The van der Waals surface area contributed by atoms with Crippen molar-refractivity contribution >= 4 is 34.6 Å². The van der Waals surface area contributed by atoms with Gasteiger partial charge < -0.3 is 9.64 Å². The summed E-state index contributed by atoms with van der Waals surface area (Å²) in [6.07, 6.45) is 3.24. The number of hydrogen-bond acceptors (Lipinski definition) is 5.